The lowest BCUT2D eigenvalue weighted by molar-refractivity contribution is -0.629. The molecule has 10 heteroatoms. The molecule has 3 heterocycles. The highest BCUT2D eigenvalue weighted by Gasteiger charge is 2.39. The second-order valence-electron chi connectivity index (χ2n) is 6.86. The van der Waals surface area contributed by atoms with Crippen LogP contribution in [0.5, 0.6) is 0 Å². The standard InChI is InChI=1S/C21H15F4N5O/c1-12(14-4-7-18(21(23,24)25)30(31)10-14)29-20-17-8-15(9-26-19(17)27-11-28-20)13-2-5-16(22)6-3-13/h2-12H,1H3,(H,26,27,28,29)/t12-/m1/s1. The van der Waals surface area contributed by atoms with Gasteiger partial charge in [-0.2, -0.15) is 17.9 Å². The largest absolute Gasteiger partial charge is 0.618 e. The number of benzene rings is 1. The van der Waals surface area contributed by atoms with Gasteiger partial charge in [0.05, 0.1) is 11.4 Å². The number of halogens is 4. The van der Waals surface area contributed by atoms with Crippen LogP contribution in [0.2, 0.25) is 0 Å². The van der Waals surface area contributed by atoms with Gasteiger partial charge in [0.25, 0.3) is 5.69 Å². The van der Waals surface area contributed by atoms with Crippen LogP contribution in [0.25, 0.3) is 22.2 Å². The summed E-state index contributed by atoms with van der Waals surface area (Å²) in [4.78, 5) is 12.6. The molecule has 1 N–H and O–H groups in total. The van der Waals surface area contributed by atoms with E-state index >= 15 is 0 Å². The molecule has 158 valence electrons. The van der Waals surface area contributed by atoms with Crippen molar-refractivity contribution in [2.75, 3.05) is 5.32 Å². The first-order chi connectivity index (χ1) is 14.7. The van der Waals surface area contributed by atoms with E-state index in [1.54, 1.807) is 31.3 Å². The summed E-state index contributed by atoms with van der Waals surface area (Å²) in [6.45, 7) is 1.69. The second kappa shape index (κ2) is 7.78. The fourth-order valence-electron chi connectivity index (χ4n) is 3.12. The molecule has 0 aliphatic carbocycles. The van der Waals surface area contributed by atoms with Gasteiger partial charge in [-0.3, -0.25) is 0 Å². The van der Waals surface area contributed by atoms with Crippen LogP contribution in [0.4, 0.5) is 23.4 Å². The van der Waals surface area contributed by atoms with Crippen molar-refractivity contribution in [3.05, 3.63) is 83.5 Å². The number of nitrogens with zero attached hydrogens (tertiary/aromatic N) is 4. The second-order valence-corrected chi connectivity index (χ2v) is 6.86. The molecule has 4 rings (SSSR count). The van der Waals surface area contributed by atoms with Crippen LogP contribution < -0.4 is 10.0 Å². The van der Waals surface area contributed by atoms with Crippen LogP contribution in [-0.2, 0) is 6.18 Å². The molecule has 0 radical (unpaired) electrons. The minimum atomic E-state index is -4.73. The number of hydrogen-bond acceptors (Lipinski definition) is 5. The Kier molecular flexibility index (Phi) is 5.14. The first kappa shape index (κ1) is 20.5. The van der Waals surface area contributed by atoms with Gasteiger partial charge in [-0.25, -0.2) is 19.3 Å². The fourth-order valence-corrected chi connectivity index (χ4v) is 3.12. The maximum Gasteiger partial charge on any atom is 0.478 e. The maximum absolute atomic E-state index is 13.2. The van der Waals surface area contributed by atoms with Crippen LogP contribution in [0.15, 0.2) is 61.2 Å². The molecule has 3 aromatic heterocycles. The topological polar surface area (TPSA) is 77.6 Å². The molecule has 4 aromatic rings. The van der Waals surface area contributed by atoms with Crippen molar-refractivity contribution in [3.8, 4) is 11.1 Å². The molecule has 0 bridgehead atoms. The minimum Gasteiger partial charge on any atom is -0.618 e. The van der Waals surface area contributed by atoms with E-state index in [2.05, 4.69) is 20.3 Å². The molecule has 0 aliphatic heterocycles. The van der Waals surface area contributed by atoms with Crippen molar-refractivity contribution in [2.45, 2.75) is 19.1 Å². The third-order valence-corrected chi connectivity index (χ3v) is 4.75. The fraction of sp³-hybridized carbons (Fsp3) is 0.143. The normalized spacial score (nSPS) is 12.7. The Labute approximate surface area is 173 Å². The Hall–Kier alpha value is -3.82. The third kappa shape index (κ3) is 4.23. The number of rotatable bonds is 4. The molecule has 0 saturated carbocycles. The van der Waals surface area contributed by atoms with Crippen molar-refractivity contribution < 1.29 is 22.3 Å². The van der Waals surface area contributed by atoms with Crippen LogP contribution in [0.1, 0.15) is 24.2 Å². The first-order valence-corrected chi connectivity index (χ1v) is 9.16. The zero-order valence-electron chi connectivity index (χ0n) is 16.1. The Morgan fingerprint density at radius 1 is 1.00 bits per heavy atom. The van der Waals surface area contributed by atoms with Crippen LogP contribution >= 0.6 is 0 Å². The van der Waals surface area contributed by atoms with Crippen molar-refractivity contribution in [1.82, 2.24) is 15.0 Å². The van der Waals surface area contributed by atoms with E-state index in [0.717, 1.165) is 17.8 Å². The van der Waals surface area contributed by atoms with Crippen LogP contribution in [0, 0.1) is 11.0 Å². The Morgan fingerprint density at radius 3 is 2.42 bits per heavy atom. The summed E-state index contributed by atoms with van der Waals surface area (Å²) >= 11 is 0. The summed E-state index contributed by atoms with van der Waals surface area (Å²) in [5.41, 5.74) is 0.919. The number of hydrogen-bond donors (Lipinski definition) is 1. The van der Waals surface area contributed by atoms with Gasteiger partial charge < -0.3 is 10.5 Å². The Bertz CT molecular complexity index is 1240. The summed E-state index contributed by atoms with van der Waals surface area (Å²) in [5, 5.41) is 15.4. The van der Waals surface area contributed by atoms with E-state index in [0.29, 0.717) is 28.0 Å². The number of aromatic nitrogens is 4. The van der Waals surface area contributed by atoms with E-state index in [-0.39, 0.29) is 10.5 Å². The summed E-state index contributed by atoms with van der Waals surface area (Å²) < 4.78 is 51.5. The molecule has 0 fully saturated rings. The van der Waals surface area contributed by atoms with E-state index < -0.39 is 17.9 Å². The number of alkyl halides is 3. The molecule has 0 saturated heterocycles. The van der Waals surface area contributed by atoms with Gasteiger partial charge in [0.2, 0.25) is 0 Å². The lowest BCUT2D eigenvalue weighted by atomic mass is 10.1. The predicted molar refractivity (Wildman–Crippen MR) is 105 cm³/mol. The average molecular weight is 429 g/mol. The molecular formula is C21H15F4N5O. The van der Waals surface area contributed by atoms with Crippen LogP contribution in [0.3, 0.4) is 0 Å². The Morgan fingerprint density at radius 2 is 1.74 bits per heavy atom. The highest BCUT2D eigenvalue weighted by atomic mass is 19.4. The number of nitrogens with one attached hydrogen (secondary N) is 1. The van der Waals surface area contributed by atoms with E-state index in [4.69, 9.17) is 0 Å². The number of anilines is 1. The molecule has 0 aliphatic rings. The third-order valence-electron chi connectivity index (χ3n) is 4.75. The van der Waals surface area contributed by atoms with Crippen molar-refractivity contribution >= 4 is 16.9 Å². The zero-order valence-corrected chi connectivity index (χ0v) is 16.1. The molecule has 0 amide bonds. The predicted octanol–water partition coefficient (Wildman–Crippen LogP) is 4.66. The number of pyridine rings is 2. The molecule has 1 atom stereocenters. The number of fused-ring (bicyclic) bond motifs is 1. The summed E-state index contributed by atoms with van der Waals surface area (Å²) in [6.07, 6.45) is -0.942. The Balaban J connectivity index is 1.67. The maximum atomic E-state index is 13.2. The molecular weight excluding hydrogens is 414 g/mol. The summed E-state index contributed by atoms with van der Waals surface area (Å²) in [5.74, 6) is 0.0375. The van der Waals surface area contributed by atoms with Gasteiger partial charge in [-0.1, -0.05) is 12.1 Å². The van der Waals surface area contributed by atoms with E-state index in [1.807, 2.05) is 0 Å². The lowest BCUT2D eigenvalue weighted by Crippen LogP contribution is -2.37. The van der Waals surface area contributed by atoms with Crippen LogP contribution in [-0.4, -0.2) is 15.0 Å². The van der Waals surface area contributed by atoms with E-state index in [9.17, 15) is 22.8 Å². The lowest BCUT2D eigenvalue weighted by Gasteiger charge is -2.16. The zero-order chi connectivity index (χ0) is 22.2. The minimum absolute atomic E-state index is 0.195. The van der Waals surface area contributed by atoms with Crippen molar-refractivity contribution in [3.63, 3.8) is 0 Å². The van der Waals surface area contributed by atoms with Gasteiger partial charge in [-0.15, -0.1) is 0 Å². The molecule has 31 heavy (non-hydrogen) atoms. The van der Waals surface area contributed by atoms with E-state index in [1.165, 1.54) is 24.5 Å². The smallest absolute Gasteiger partial charge is 0.478 e. The van der Waals surface area contributed by atoms with Crippen molar-refractivity contribution in [1.29, 1.82) is 0 Å². The molecule has 0 spiro atoms. The highest BCUT2D eigenvalue weighted by Crippen LogP contribution is 2.29. The van der Waals surface area contributed by atoms with Gasteiger partial charge >= 0.3 is 6.18 Å². The highest BCUT2D eigenvalue weighted by molar-refractivity contribution is 5.89. The van der Waals surface area contributed by atoms with Gasteiger partial charge in [0, 0.05) is 23.4 Å². The molecule has 6 nitrogen and oxygen atoms in total. The SMILES string of the molecule is C[C@@H](Nc1ncnc2ncc(-c3ccc(F)cc3)cc12)c1ccc(C(F)(F)F)[n+]([O-])c1. The average Bonchev–Trinajstić information content (AvgIpc) is 2.73. The molecule has 0 unspecified atom stereocenters. The van der Waals surface area contributed by atoms with Crippen molar-refractivity contribution in [2.24, 2.45) is 0 Å². The summed E-state index contributed by atoms with van der Waals surface area (Å²) in [6, 6.07) is 9.14. The van der Waals surface area contributed by atoms with Gasteiger partial charge in [0.1, 0.15) is 18.0 Å². The first-order valence-electron chi connectivity index (χ1n) is 9.16. The summed E-state index contributed by atoms with van der Waals surface area (Å²) in [7, 11) is 0. The van der Waals surface area contributed by atoms with Gasteiger partial charge in [-0.05, 0) is 36.8 Å². The quantitative estimate of drug-likeness (QED) is 0.290. The van der Waals surface area contributed by atoms with Gasteiger partial charge in [0.15, 0.2) is 11.8 Å². The molecule has 1 aromatic carbocycles. The monoisotopic (exact) mass is 429 g/mol.